The minimum absolute atomic E-state index is 0.388. The maximum Gasteiger partial charge on any atom is 0.0897 e. The van der Waals surface area contributed by atoms with Gasteiger partial charge in [-0.3, -0.25) is 0 Å². The number of hydrogen-bond acceptors (Lipinski definition) is 4. The number of nitrogens with one attached hydrogen (secondary N) is 1. The first kappa shape index (κ1) is 16.0. The van der Waals surface area contributed by atoms with Crippen molar-refractivity contribution in [2.24, 2.45) is 0 Å². The zero-order valence-corrected chi connectivity index (χ0v) is 11.1. The first-order valence-corrected chi connectivity index (χ1v) is 7.11. The molecule has 0 radical (unpaired) electrons. The van der Waals surface area contributed by atoms with Crippen LogP contribution in [-0.2, 0) is 4.74 Å². The van der Waals surface area contributed by atoms with E-state index in [0.717, 1.165) is 37.5 Å². The molecule has 0 saturated carbocycles. The summed E-state index contributed by atoms with van der Waals surface area (Å²) < 4.78 is 5.32. The third-order valence-corrected chi connectivity index (χ3v) is 2.96. The molecule has 0 aliphatic heterocycles. The van der Waals surface area contributed by atoms with Gasteiger partial charge in [0.1, 0.15) is 0 Å². The number of ether oxygens (including phenoxy) is 1. The van der Waals surface area contributed by atoms with Crippen LogP contribution in [0.2, 0.25) is 0 Å². The van der Waals surface area contributed by atoms with Crippen molar-refractivity contribution >= 4 is 11.8 Å². The Morgan fingerprint density at radius 1 is 1.56 bits per heavy atom. The van der Waals surface area contributed by atoms with Gasteiger partial charge in [0.15, 0.2) is 0 Å². The van der Waals surface area contributed by atoms with Crippen LogP contribution in [0.4, 0.5) is 0 Å². The lowest BCUT2D eigenvalue weighted by Gasteiger charge is -2.11. The van der Waals surface area contributed by atoms with E-state index >= 15 is 0 Å². The monoisotopic (exact) mass is 247 g/mol. The highest BCUT2D eigenvalue weighted by molar-refractivity contribution is 7.99. The van der Waals surface area contributed by atoms with Crippen molar-refractivity contribution in [3.8, 4) is 0 Å². The molecule has 0 aliphatic rings. The van der Waals surface area contributed by atoms with Crippen LogP contribution in [0.15, 0.2) is 12.7 Å². The predicted molar refractivity (Wildman–Crippen MR) is 72.1 cm³/mol. The lowest BCUT2D eigenvalue weighted by Crippen LogP contribution is -2.31. The summed E-state index contributed by atoms with van der Waals surface area (Å²) in [6.45, 7) is 8.51. The number of aliphatic hydroxyl groups excluding tert-OH is 1. The Labute approximate surface area is 104 Å². The van der Waals surface area contributed by atoms with Gasteiger partial charge in [0, 0.05) is 31.2 Å². The van der Waals surface area contributed by atoms with Crippen LogP contribution in [0.25, 0.3) is 0 Å². The third kappa shape index (κ3) is 12.0. The van der Waals surface area contributed by atoms with E-state index in [1.807, 2.05) is 17.8 Å². The first-order chi connectivity index (χ1) is 7.81. The van der Waals surface area contributed by atoms with Gasteiger partial charge in [0.25, 0.3) is 0 Å². The van der Waals surface area contributed by atoms with Crippen LogP contribution in [0.5, 0.6) is 0 Å². The maximum atomic E-state index is 9.54. The lowest BCUT2D eigenvalue weighted by atomic mass is 10.3. The van der Waals surface area contributed by atoms with Crippen LogP contribution in [0.1, 0.15) is 19.8 Å². The van der Waals surface area contributed by atoms with E-state index in [-0.39, 0.29) is 6.10 Å². The second-order valence-electron chi connectivity index (χ2n) is 3.65. The first-order valence-electron chi connectivity index (χ1n) is 5.96. The minimum atomic E-state index is -0.388. The standard InChI is InChI=1S/C12H25NO2S/c1-3-5-7-15-11-12(14)10-13-6-9-16-8-4-2/h4,12-14H,2-3,5-11H2,1H3. The van der Waals surface area contributed by atoms with E-state index < -0.39 is 0 Å². The molecule has 0 heterocycles. The summed E-state index contributed by atoms with van der Waals surface area (Å²) in [5.74, 6) is 2.04. The van der Waals surface area contributed by atoms with Gasteiger partial charge in [-0.05, 0) is 6.42 Å². The van der Waals surface area contributed by atoms with Gasteiger partial charge in [0.05, 0.1) is 12.7 Å². The van der Waals surface area contributed by atoms with Gasteiger partial charge in [-0.15, -0.1) is 6.58 Å². The number of hydrogen-bond donors (Lipinski definition) is 2. The van der Waals surface area contributed by atoms with E-state index in [0.29, 0.717) is 13.2 Å². The smallest absolute Gasteiger partial charge is 0.0897 e. The summed E-state index contributed by atoms with van der Waals surface area (Å²) in [6, 6.07) is 0. The summed E-state index contributed by atoms with van der Waals surface area (Å²) in [5, 5.41) is 12.7. The zero-order valence-electron chi connectivity index (χ0n) is 10.3. The highest BCUT2D eigenvalue weighted by atomic mass is 32.2. The number of thioether (sulfide) groups is 1. The lowest BCUT2D eigenvalue weighted by molar-refractivity contribution is 0.0362. The molecule has 0 aromatic carbocycles. The van der Waals surface area contributed by atoms with Crippen LogP contribution in [0.3, 0.4) is 0 Å². The zero-order chi connectivity index (χ0) is 12.1. The fourth-order valence-electron chi connectivity index (χ4n) is 1.10. The largest absolute Gasteiger partial charge is 0.389 e. The Morgan fingerprint density at radius 2 is 2.38 bits per heavy atom. The van der Waals surface area contributed by atoms with Gasteiger partial charge in [-0.1, -0.05) is 19.4 Å². The summed E-state index contributed by atoms with van der Waals surface area (Å²) in [7, 11) is 0. The van der Waals surface area contributed by atoms with Crippen LogP contribution in [0, 0.1) is 0 Å². The maximum absolute atomic E-state index is 9.54. The van der Waals surface area contributed by atoms with Crippen molar-refractivity contribution in [3.63, 3.8) is 0 Å². The highest BCUT2D eigenvalue weighted by Crippen LogP contribution is 1.97. The van der Waals surface area contributed by atoms with Gasteiger partial charge >= 0.3 is 0 Å². The Kier molecular flexibility index (Phi) is 13.0. The average Bonchev–Trinajstić information content (AvgIpc) is 2.29. The number of unbranched alkanes of at least 4 members (excludes halogenated alkanes) is 1. The number of rotatable bonds is 12. The molecule has 3 nitrogen and oxygen atoms in total. The summed E-state index contributed by atoms with van der Waals surface area (Å²) in [5.41, 5.74) is 0. The van der Waals surface area contributed by atoms with Crippen LogP contribution >= 0.6 is 11.8 Å². The van der Waals surface area contributed by atoms with E-state index in [4.69, 9.17) is 4.74 Å². The van der Waals surface area contributed by atoms with Crippen LogP contribution in [-0.4, -0.2) is 49.0 Å². The van der Waals surface area contributed by atoms with Crippen molar-refractivity contribution in [1.82, 2.24) is 5.32 Å². The van der Waals surface area contributed by atoms with Crippen molar-refractivity contribution in [1.29, 1.82) is 0 Å². The molecule has 0 aromatic rings. The van der Waals surface area contributed by atoms with E-state index in [1.165, 1.54) is 0 Å². The molecule has 0 bridgehead atoms. The molecule has 0 aromatic heterocycles. The van der Waals surface area contributed by atoms with Crippen molar-refractivity contribution in [2.45, 2.75) is 25.9 Å². The second kappa shape index (κ2) is 13.0. The Hall–Kier alpha value is -0.0300. The molecule has 0 rings (SSSR count). The molecule has 4 heteroatoms. The highest BCUT2D eigenvalue weighted by Gasteiger charge is 2.02. The molecule has 2 N–H and O–H groups in total. The van der Waals surface area contributed by atoms with Crippen molar-refractivity contribution in [3.05, 3.63) is 12.7 Å². The molecule has 1 unspecified atom stereocenters. The quantitative estimate of drug-likeness (QED) is 0.407. The summed E-state index contributed by atoms with van der Waals surface area (Å²) in [6.07, 6.45) is 3.72. The Balaban J connectivity index is 3.10. The van der Waals surface area contributed by atoms with E-state index in [2.05, 4.69) is 18.8 Å². The third-order valence-electron chi connectivity index (χ3n) is 1.99. The number of aliphatic hydroxyl groups is 1. The fourth-order valence-corrected chi connectivity index (χ4v) is 1.73. The van der Waals surface area contributed by atoms with Gasteiger partial charge in [-0.2, -0.15) is 11.8 Å². The molecular formula is C12H25NO2S. The van der Waals surface area contributed by atoms with Crippen molar-refractivity contribution in [2.75, 3.05) is 37.8 Å². The van der Waals surface area contributed by atoms with Gasteiger partial charge in [0.2, 0.25) is 0 Å². The normalized spacial score (nSPS) is 12.6. The molecule has 96 valence electrons. The van der Waals surface area contributed by atoms with Crippen LogP contribution < -0.4 is 5.32 Å². The molecular weight excluding hydrogens is 222 g/mol. The summed E-state index contributed by atoms with van der Waals surface area (Å²) >= 11 is 1.84. The fraction of sp³-hybridized carbons (Fsp3) is 0.833. The van der Waals surface area contributed by atoms with Crippen molar-refractivity contribution < 1.29 is 9.84 Å². The summed E-state index contributed by atoms with van der Waals surface area (Å²) in [4.78, 5) is 0. The molecule has 16 heavy (non-hydrogen) atoms. The second-order valence-corrected chi connectivity index (χ2v) is 4.80. The molecule has 0 saturated heterocycles. The van der Waals surface area contributed by atoms with E-state index in [9.17, 15) is 5.11 Å². The predicted octanol–water partition coefficient (Wildman–Crippen LogP) is 1.67. The molecule has 1 atom stereocenters. The molecule has 0 aliphatic carbocycles. The molecule has 0 spiro atoms. The SMILES string of the molecule is C=CCSCCNCC(O)COCCCC. The Bertz CT molecular complexity index is 156. The minimum Gasteiger partial charge on any atom is -0.389 e. The molecule has 0 fully saturated rings. The van der Waals surface area contributed by atoms with Gasteiger partial charge in [-0.25, -0.2) is 0 Å². The average molecular weight is 247 g/mol. The topological polar surface area (TPSA) is 41.5 Å². The van der Waals surface area contributed by atoms with E-state index in [1.54, 1.807) is 0 Å². The Morgan fingerprint density at radius 3 is 3.06 bits per heavy atom. The van der Waals surface area contributed by atoms with Gasteiger partial charge < -0.3 is 15.2 Å². The molecule has 0 amide bonds.